The summed E-state index contributed by atoms with van der Waals surface area (Å²) in [6.07, 6.45) is 0. The average Bonchev–Trinajstić information content (AvgIpc) is 3.21. The number of ether oxygens (including phenoxy) is 2. The molecule has 0 saturated carbocycles. The van der Waals surface area contributed by atoms with Gasteiger partial charge in [-0.25, -0.2) is 22.3 Å². The van der Waals surface area contributed by atoms with E-state index in [0.717, 1.165) is 18.2 Å². The van der Waals surface area contributed by atoms with Gasteiger partial charge in [-0.2, -0.15) is 4.98 Å². The molecule has 2 aromatic carbocycles. The molecule has 0 radical (unpaired) electrons. The molecule has 3 aromatic rings. The highest BCUT2D eigenvalue weighted by Gasteiger charge is 2.20. The second-order valence-corrected chi connectivity index (χ2v) is 7.56. The Labute approximate surface area is 165 Å². The first-order chi connectivity index (χ1) is 13.8. The van der Waals surface area contributed by atoms with Gasteiger partial charge >= 0.3 is 5.97 Å². The number of carbonyl (C=O) groups is 1. The number of sulfonamides is 1. The Morgan fingerprint density at radius 2 is 2.03 bits per heavy atom. The fraction of sp³-hybridized carbons (Fsp3) is 0.167. The fourth-order valence-corrected chi connectivity index (χ4v) is 3.10. The lowest BCUT2D eigenvalue weighted by Crippen LogP contribution is -2.19. The zero-order valence-electron chi connectivity index (χ0n) is 15.4. The number of esters is 1. The van der Waals surface area contributed by atoms with Gasteiger partial charge in [0.1, 0.15) is 11.6 Å². The molecule has 9 nitrogen and oxygen atoms in total. The molecule has 1 N–H and O–H groups in total. The summed E-state index contributed by atoms with van der Waals surface area (Å²) in [5, 5.41) is 3.79. The first-order valence-corrected chi connectivity index (χ1v) is 9.69. The van der Waals surface area contributed by atoms with Crippen molar-refractivity contribution in [1.29, 1.82) is 0 Å². The Balaban J connectivity index is 1.73. The molecule has 0 aliphatic heterocycles. The molecule has 0 fully saturated rings. The predicted octanol–water partition coefficient (Wildman–Crippen LogP) is 2.15. The summed E-state index contributed by atoms with van der Waals surface area (Å²) in [6.45, 7) is -0.418. The van der Waals surface area contributed by atoms with Crippen LogP contribution in [0, 0.1) is 5.82 Å². The Morgan fingerprint density at radius 3 is 2.76 bits per heavy atom. The largest absolute Gasteiger partial charge is 0.497 e. The molecule has 0 bridgehead atoms. The lowest BCUT2D eigenvalue weighted by atomic mass is 10.2. The predicted molar refractivity (Wildman–Crippen MR) is 98.1 cm³/mol. The molecule has 0 amide bonds. The van der Waals surface area contributed by atoms with Crippen LogP contribution in [0.25, 0.3) is 11.4 Å². The molecule has 152 valence electrons. The van der Waals surface area contributed by atoms with Crippen LogP contribution < -0.4 is 9.46 Å². The Bertz CT molecular complexity index is 1150. The van der Waals surface area contributed by atoms with Crippen molar-refractivity contribution in [1.82, 2.24) is 14.9 Å². The molecule has 0 unspecified atom stereocenters. The molecular formula is C18H16FN3O6S. The van der Waals surface area contributed by atoms with E-state index in [-0.39, 0.29) is 16.6 Å². The second-order valence-electron chi connectivity index (χ2n) is 5.67. The molecule has 0 aliphatic carbocycles. The van der Waals surface area contributed by atoms with E-state index in [1.807, 2.05) is 0 Å². The van der Waals surface area contributed by atoms with E-state index in [4.69, 9.17) is 14.0 Å². The molecule has 0 saturated heterocycles. The first-order valence-electron chi connectivity index (χ1n) is 8.21. The van der Waals surface area contributed by atoms with Gasteiger partial charge in [-0.15, -0.1) is 0 Å². The summed E-state index contributed by atoms with van der Waals surface area (Å²) < 4.78 is 54.8. The summed E-state index contributed by atoms with van der Waals surface area (Å²) in [5.74, 6) is -1.16. The number of hydrogen-bond donors (Lipinski definition) is 1. The van der Waals surface area contributed by atoms with E-state index in [0.29, 0.717) is 11.3 Å². The maximum absolute atomic E-state index is 14.0. The van der Waals surface area contributed by atoms with Crippen LogP contribution >= 0.6 is 0 Å². The summed E-state index contributed by atoms with van der Waals surface area (Å²) in [5.41, 5.74) is 0.0931. The highest BCUT2D eigenvalue weighted by molar-refractivity contribution is 7.89. The Kier molecular flexibility index (Phi) is 5.89. The Hall–Kier alpha value is -3.31. The standard InChI is InChI=1S/C18H16FN3O6S/c1-20-29(24,25)13-6-7-15(19)14(9-13)18(23)27-10-16-21-17(22-28-16)11-4-3-5-12(8-11)26-2/h3-9,20H,10H2,1-2H3. The molecule has 0 spiro atoms. The molecule has 29 heavy (non-hydrogen) atoms. The quantitative estimate of drug-likeness (QED) is 0.576. The van der Waals surface area contributed by atoms with Crippen LogP contribution in [-0.4, -0.2) is 38.7 Å². The third kappa shape index (κ3) is 4.58. The van der Waals surface area contributed by atoms with Gasteiger partial charge in [0.05, 0.1) is 17.6 Å². The third-order valence-electron chi connectivity index (χ3n) is 3.86. The molecule has 0 atom stereocenters. The van der Waals surface area contributed by atoms with Gasteiger partial charge in [-0.1, -0.05) is 17.3 Å². The second kappa shape index (κ2) is 8.37. The number of rotatable bonds is 7. The van der Waals surface area contributed by atoms with E-state index >= 15 is 0 Å². The number of nitrogens with zero attached hydrogens (tertiary/aromatic N) is 2. The lowest BCUT2D eigenvalue weighted by Gasteiger charge is -2.07. The van der Waals surface area contributed by atoms with E-state index in [1.54, 1.807) is 24.3 Å². The van der Waals surface area contributed by atoms with Crippen molar-refractivity contribution in [2.75, 3.05) is 14.2 Å². The summed E-state index contributed by atoms with van der Waals surface area (Å²) in [6, 6.07) is 9.74. The van der Waals surface area contributed by atoms with Gasteiger partial charge in [0.2, 0.25) is 15.8 Å². The topological polar surface area (TPSA) is 121 Å². The first kappa shape index (κ1) is 20.4. The molecular weight excluding hydrogens is 405 g/mol. The fourth-order valence-electron chi connectivity index (χ4n) is 2.34. The molecule has 0 aliphatic rings. The van der Waals surface area contributed by atoms with Crippen molar-refractivity contribution in [2.24, 2.45) is 0 Å². The van der Waals surface area contributed by atoms with E-state index in [2.05, 4.69) is 14.9 Å². The molecule has 1 aromatic heterocycles. The van der Waals surface area contributed by atoms with Crippen LogP contribution in [0.4, 0.5) is 4.39 Å². The van der Waals surface area contributed by atoms with Crippen molar-refractivity contribution in [3.8, 4) is 17.1 Å². The van der Waals surface area contributed by atoms with E-state index < -0.39 is 34.0 Å². The summed E-state index contributed by atoms with van der Waals surface area (Å²) in [4.78, 5) is 16.0. The molecule has 1 heterocycles. The highest BCUT2D eigenvalue weighted by Crippen LogP contribution is 2.22. The smallest absolute Gasteiger partial charge is 0.341 e. The number of methoxy groups -OCH3 is 1. The van der Waals surface area contributed by atoms with Gasteiger partial charge < -0.3 is 14.0 Å². The van der Waals surface area contributed by atoms with Crippen molar-refractivity contribution in [3.05, 3.63) is 59.7 Å². The van der Waals surface area contributed by atoms with Gasteiger partial charge in [-0.3, -0.25) is 0 Å². The third-order valence-corrected chi connectivity index (χ3v) is 5.27. The minimum atomic E-state index is -3.85. The van der Waals surface area contributed by atoms with Gasteiger partial charge in [0.25, 0.3) is 5.89 Å². The summed E-state index contributed by atoms with van der Waals surface area (Å²) >= 11 is 0. The number of carbonyl (C=O) groups excluding carboxylic acids is 1. The monoisotopic (exact) mass is 421 g/mol. The lowest BCUT2D eigenvalue weighted by molar-refractivity contribution is 0.0424. The van der Waals surface area contributed by atoms with Crippen LogP contribution in [0.15, 0.2) is 51.9 Å². The minimum absolute atomic E-state index is 0.0180. The zero-order valence-corrected chi connectivity index (χ0v) is 16.2. The van der Waals surface area contributed by atoms with Gasteiger partial charge in [-0.05, 0) is 37.4 Å². The van der Waals surface area contributed by atoms with Crippen LogP contribution in [-0.2, 0) is 21.4 Å². The average molecular weight is 421 g/mol. The minimum Gasteiger partial charge on any atom is -0.497 e. The SMILES string of the molecule is CNS(=O)(=O)c1ccc(F)c(C(=O)OCc2nc(-c3cccc(OC)c3)no2)c1. The van der Waals surface area contributed by atoms with Crippen molar-refractivity contribution in [2.45, 2.75) is 11.5 Å². The Morgan fingerprint density at radius 1 is 1.24 bits per heavy atom. The number of benzene rings is 2. The molecule has 11 heteroatoms. The molecule has 3 rings (SSSR count). The van der Waals surface area contributed by atoms with Crippen LogP contribution in [0.5, 0.6) is 5.75 Å². The van der Waals surface area contributed by atoms with Crippen molar-refractivity contribution in [3.63, 3.8) is 0 Å². The normalized spacial score (nSPS) is 11.3. The number of hydrogen-bond acceptors (Lipinski definition) is 8. The van der Waals surface area contributed by atoms with Gasteiger partial charge in [0.15, 0.2) is 6.61 Å². The van der Waals surface area contributed by atoms with E-state index in [1.165, 1.54) is 14.2 Å². The van der Waals surface area contributed by atoms with E-state index in [9.17, 15) is 17.6 Å². The van der Waals surface area contributed by atoms with Crippen molar-refractivity contribution >= 4 is 16.0 Å². The maximum atomic E-state index is 14.0. The van der Waals surface area contributed by atoms with Crippen molar-refractivity contribution < 1.29 is 31.6 Å². The highest BCUT2D eigenvalue weighted by atomic mass is 32.2. The van der Waals surface area contributed by atoms with Gasteiger partial charge in [0, 0.05) is 5.56 Å². The van der Waals surface area contributed by atoms with Crippen LogP contribution in [0.1, 0.15) is 16.2 Å². The number of halogens is 1. The van der Waals surface area contributed by atoms with Crippen LogP contribution in [0.2, 0.25) is 0 Å². The summed E-state index contributed by atoms with van der Waals surface area (Å²) in [7, 11) is -1.12. The zero-order chi connectivity index (χ0) is 21.0. The number of nitrogens with one attached hydrogen (secondary N) is 1. The van der Waals surface area contributed by atoms with Crippen LogP contribution in [0.3, 0.4) is 0 Å². The number of aromatic nitrogens is 2. The maximum Gasteiger partial charge on any atom is 0.341 e.